The van der Waals surface area contributed by atoms with Crippen molar-refractivity contribution in [3.8, 4) is 11.3 Å². The molecule has 0 aliphatic heterocycles. The Morgan fingerprint density at radius 1 is 0.921 bits per heavy atom. The van der Waals surface area contributed by atoms with Crippen LogP contribution in [0.25, 0.3) is 16.8 Å². The molecule has 4 aromatic rings. The van der Waals surface area contributed by atoms with Crippen molar-refractivity contribution in [3.05, 3.63) is 118 Å². The first-order valence-corrected chi connectivity index (χ1v) is 12.0. The minimum atomic E-state index is -0.602. The summed E-state index contributed by atoms with van der Waals surface area (Å²) < 4.78 is 0. The number of carbonyl (C=O) groups excluding carboxylic acids is 3. The molecule has 0 saturated heterocycles. The van der Waals surface area contributed by atoms with Gasteiger partial charge in [-0.1, -0.05) is 42.5 Å². The molecular weight excluding hydrogens is 478 g/mol. The van der Waals surface area contributed by atoms with Gasteiger partial charge in [-0.05, 0) is 47.4 Å². The molecule has 0 atom stereocenters. The SMILES string of the molecule is CC(=O)C(=[N+]=[N-])C(=O)Cc1ccc(C(=O)Cc2ccc(C)c(Cc3nccc(-c4cccnc4)n3)c2)cc1. The summed E-state index contributed by atoms with van der Waals surface area (Å²) in [5, 5.41) is 0. The van der Waals surface area contributed by atoms with E-state index in [1.807, 2.05) is 43.3 Å². The molecule has 2 heterocycles. The minimum absolute atomic E-state index is 0.0612. The van der Waals surface area contributed by atoms with Gasteiger partial charge < -0.3 is 5.53 Å². The summed E-state index contributed by atoms with van der Waals surface area (Å²) >= 11 is 0. The Kier molecular flexibility index (Phi) is 8.16. The van der Waals surface area contributed by atoms with Crippen LogP contribution in [-0.4, -0.2) is 42.8 Å². The standard InChI is InChI=1S/C30H25N5O3/c1-19-5-6-22(14-25(19)17-29-33-13-11-26(34-29)24-4-3-12-32-18-24)16-27(37)23-9-7-21(8-10-23)15-28(38)30(35-31)20(2)36/h3-14,18H,15-17H2,1-2H3. The van der Waals surface area contributed by atoms with Gasteiger partial charge in [-0.15, -0.1) is 0 Å². The molecule has 0 N–H and O–H groups in total. The highest BCUT2D eigenvalue weighted by Crippen LogP contribution is 2.19. The lowest BCUT2D eigenvalue weighted by Gasteiger charge is -2.10. The van der Waals surface area contributed by atoms with Crippen molar-refractivity contribution in [1.29, 1.82) is 0 Å². The lowest BCUT2D eigenvalue weighted by molar-refractivity contribution is -0.122. The van der Waals surface area contributed by atoms with Crippen molar-refractivity contribution in [2.45, 2.75) is 33.1 Å². The van der Waals surface area contributed by atoms with Crippen LogP contribution in [0.1, 0.15) is 45.4 Å². The van der Waals surface area contributed by atoms with Crippen LogP contribution in [0, 0.1) is 6.92 Å². The maximum absolute atomic E-state index is 13.0. The highest BCUT2D eigenvalue weighted by atomic mass is 16.1. The van der Waals surface area contributed by atoms with Crippen LogP contribution in [0.3, 0.4) is 0 Å². The predicted octanol–water partition coefficient (Wildman–Crippen LogP) is 4.23. The number of rotatable bonds is 10. The van der Waals surface area contributed by atoms with E-state index in [4.69, 9.17) is 10.5 Å². The molecule has 0 fully saturated rings. The molecule has 0 aliphatic rings. The zero-order valence-electron chi connectivity index (χ0n) is 21.1. The predicted molar refractivity (Wildman–Crippen MR) is 142 cm³/mol. The van der Waals surface area contributed by atoms with Gasteiger partial charge in [0, 0.05) is 55.9 Å². The van der Waals surface area contributed by atoms with Gasteiger partial charge >= 0.3 is 5.71 Å². The van der Waals surface area contributed by atoms with Crippen molar-refractivity contribution in [2.75, 3.05) is 0 Å². The number of Topliss-reactive ketones (excluding diaryl/α,β-unsaturated/α-hetero) is 3. The van der Waals surface area contributed by atoms with Crippen LogP contribution in [0.15, 0.2) is 79.3 Å². The lowest BCUT2D eigenvalue weighted by Crippen LogP contribution is -2.24. The maximum atomic E-state index is 13.0. The second kappa shape index (κ2) is 11.9. The van der Waals surface area contributed by atoms with Gasteiger partial charge in [-0.3, -0.25) is 19.4 Å². The van der Waals surface area contributed by atoms with Crippen LogP contribution in [0.5, 0.6) is 0 Å². The number of pyridine rings is 1. The molecule has 0 bridgehead atoms. The van der Waals surface area contributed by atoms with Gasteiger partial charge in [-0.2, -0.15) is 4.79 Å². The van der Waals surface area contributed by atoms with Crippen LogP contribution in [0.2, 0.25) is 0 Å². The van der Waals surface area contributed by atoms with Crippen molar-refractivity contribution in [2.24, 2.45) is 0 Å². The smallest absolute Gasteiger partial charge is 0.360 e. The molecule has 0 spiro atoms. The Bertz CT molecular complexity index is 1560. The Morgan fingerprint density at radius 2 is 1.68 bits per heavy atom. The normalized spacial score (nSPS) is 10.5. The maximum Gasteiger partial charge on any atom is 0.400 e. The van der Waals surface area contributed by atoms with Crippen LogP contribution >= 0.6 is 0 Å². The van der Waals surface area contributed by atoms with Crippen molar-refractivity contribution in [3.63, 3.8) is 0 Å². The molecule has 2 aromatic carbocycles. The minimum Gasteiger partial charge on any atom is -0.360 e. The number of aryl methyl sites for hydroxylation is 1. The molecule has 0 saturated carbocycles. The fraction of sp³-hybridized carbons (Fsp3) is 0.167. The summed E-state index contributed by atoms with van der Waals surface area (Å²) in [5.74, 6) is -0.563. The fourth-order valence-electron chi connectivity index (χ4n) is 4.04. The van der Waals surface area contributed by atoms with E-state index in [-0.39, 0.29) is 18.6 Å². The van der Waals surface area contributed by atoms with Crippen molar-refractivity contribution < 1.29 is 19.2 Å². The quantitative estimate of drug-likeness (QED) is 0.105. The van der Waals surface area contributed by atoms with Crippen LogP contribution in [0.4, 0.5) is 0 Å². The molecule has 188 valence electrons. The topological polar surface area (TPSA) is 126 Å². The number of nitrogens with zero attached hydrogens (tertiary/aromatic N) is 5. The van der Waals surface area contributed by atoms with Crippen molar-refractivity contribution in [1.82, 2.24) is 15.0 Å². The Balaban J connectivity index is 1.45. The highest BCUT2D eigenvalue weighted by Gasteiger charge is 2.25. The van der Waals surface area contributed by atoms with Gasteiger partial charge in [0.1, 0.15) is 5.82 Å². The van der Waals surface area contributed by atoms with E-state index in [1.165, 1.54) is 0 Å². The fourth-order valence-corrected chi connectivity index (χ4v) is 4.04. The number of carbonyl (C=O) groups is 3. The van der Waals surface area contributed by atoms with Gasteiger partial charge in [0.25, 0.3) is 5.78 Å². The first-order valence-electron chi connectivity index (χ1n) is 12.0. The largest absolute Gasteiger partial charge is 0.400 e. The molecule has 8 nitrogen and oxygen atoms in total. The van der Waals surface area contributed by atoms with E-state index in [2.05, 4.69) is 14.8 Å². The molecule has 8 heteroatoms. The Labute approximate surface area is 220 Å². The summed E-state index contributed by atoms with van der Waals surface area (Å²) in [6, 6.07) is 18.2. The number of benzene rings is 2. The Morgan fingerprint density at radius 3 is 2.37 bits per heavy atom. The van der Waals surface area contributed by atoms with E-state index < -0.39 is 17.3 Å². The third kappa shape index (κ3) is 6.43. The molecule has 0 amide bonds. The zero-order chi connectivity index (χ0) is 27.1. The van der Waals surface area contributed by atoms with E-state index in [9.17, 15) is 14.4 Å². The van der Waals surface area contributed by atoms with Crippen molar-refractivity contribution >= 4 is 23.1 Å². The molecule has 2 aromatic heterocycles. The summed E-state index contributed by atoms with van der Waals surface area (Å²) in [4.78, 5) is 52.5. The van der Waals surface area contributed by atoms with Crippen LogP contribution < -0.4 is 0 Å². The highest BCUT2D eigenvalue weighted by molar-refractivity contribution is 6.63. The van der Waals surface area contributed by atoms with Crippen LogP contribution in [-0.2, 0) is 28.9 Å². The van der Waals surface area contributed by atoms with Gasteiger partial charge in [0.05, 0.1) is 5.69 Å². The van der Waals surface area contributed by atoms with E-state index in [0.29, 0.717) is 23.4 Å². The van der Waals surface area contributed by atoms with E-state index in [0.717, 1.165) is 34.9 Å². The van der Waals surface area contributed by atoms with E-state index >= 15 is 0 Å². The second-order valence-corrected chi connectivity index (χ2v) is 8.94. The number of hydrogen-bond acceptors (Lipinski definition) is 6. The van der Waals surface area contributed by atoms with Gasteiger partial charge in [-0.25, -0.2) is 9.97 Å². The molecule has 0 unspecified atom stereocenters. The summed E-state index contributed by atoms with van der Waals surface area (Å²) in [5.41, 5.74) is 14.2. The van der Waals surface area contributed by atoms with Gasteiger partial charge in [0.15, 0.2) is 5.78 Å². The average Bonchev–Trinajstić information content (AvgIpc) is 2.92. The second-order valence-electron chi connectivity index (χ2n) is 8.94. The molecule has 0 radical (unpaired) electrons. The van der Waals surface area contributed by atoms with Gasteiger partial charge in [0.2, 0.25) is 5.78 Å². The molecule has 0 aliphatic carbocycles. The number of aromatic nitrogens is 3. The molecule has 4 rings (SSSR count). The summed E-state index contributed by atoms with van der Waals surface area (Å²) in [6.07, 6.45) is 5.87. The monoisotopic (exact) mass is 503 g/mol. The first kappa shape index (κ1) is 26.1. The molecule has 38 heavy (non-hydrogen) atoms. The third-order valence-electron chi connectivity index (χ3n) is 6.13. The average molecular weight is 504 g/mol. The first-order chi connectivity index (χ1) is 18.3. The lowest BCUT2D eigenvalue weighted by atomic mass is 9.96. The Hall–Kier alpha value is -4.94. The number of ketones is 3. The number of hydrogen-bond donors (Lipinski definition) is 0. The zero-order valence-corrected chi connectivity index (χ0v) is 21.1. The third-order valence-corrected chi connectivity index (χ3v) is 6.13. The molecular formula is C30H25N5O3. The summed E-state index contributed by atoms with van der Waals surface area (Å²) in [6.45, 7) is 3.18. The summed E-state index contributed by atoms with van der Waals surface area (Å²) in [7, 11) is 0. The van der Waals surface area contributed by atoms with E-state index in [1.54, 1.807) is 42.9 Å².